The number of hydrogen-bond donors (Lipinski definition) is 1. The molecule has 128 valence electrons. The maximum atomic E-state index is 12.7. The zero-order chi connectivity index (χ0) is 17.2. The number of carbonyl (C=O) groups excluding carboxylic acids is 1. The lowest BCUT2D eigenvalue weighted by atomic mass is 9.96. The normalized spacial score (nSPS) is 17.6. The number of aromatic nitrogens is 3. The van der Waals surface area contributed by atoms with E-state index in [0.29, 0.717) is 6.54 Å². The van der Waals surface area contributed by atoms with Gasteiger partial charge >= 0.3 is 0 Å². The Bertz CT molecular complexity index is 909. The smallest absolute Gasteiger partial charge is 0.229 e. The van der Waals surface area contributed by atoms with Gasteiger partial charge in [-0.1, -0.05) is 0 Å². The van der Waals surface area contributed by atoms with Crippen LogP contribution in [0.2, 0.25) is 0 Å². The summed E-state index contributed by atoms with van der Waals surface area (Å²) in [4.78, 5) is 28.9. The van der Waals surface area contributed by atoms with Crippen LogP contribution < -0.4 is 10.2 Å². The van der Waals surface area contributed by atoms with Gasteiger partial charge in [-0.25, -0.2) is 9.97 Å². The quantitative estimate of drug-likeness (QED) is 0.783. The van der Waals surface area contributed by atoms with E-state index in [-0.39, 0.29) is 11.8 Å². The van der Waals surface area contributed by atoms with Gasteiger partial charge in [0.05, 0.1) is 22.7 Å². The number of rotatable bonds is 3. The van der Waals surface area contributed by atoms with E-state index in [4.69, 9.17) is 0 Å². The maximum Gasteiger partial charge on any atom is 0.229 e. The first-order chi connectivity index (χ1) is 12.2. The Labute approximate surface area is 149 Å². The fourth-order valence-corrected chi connectivity index (χ4v) is 3.99. The van der Waals surface area contributed by atoms with Crippen molar-refractivity contribution >= 4 is 39.0 Å². The SMILES string of the molecule is Cc1ncccc1NC(=O)C1CCCN(c2ncnc3sccc23)C1. The topological polar surface area (TPSA) is 71.0 Å². The van der Waals surface area contributed by atoms with E-state index in [0.717, 1.165) is 46.8 Å². The van der Waals surface area contributed by atoms with Gasteiger partial charge in [-0.2, -0.15) is 0 Å². The molecule has 1 N–H and O–H groups in total. The molecule has 1 amide bonds. The summed E-state index contributed by atoms with van der Waals surface area (Å²) in [5, 5.41) is 6.12. The molecular formula is C18H19N5OS. The van der Waals surface area contributed by atoms with Gasteiger partial charge < -0.3 is 10.2 Å². The Morgan fingerprint density at radius 1 is 1.32 bits per heavy atom. The van der Waals surface area contributed by atoms with Crippen LogP contribution in [0.3, 0.4) is 0 Å². The third kappa shape index (κ3) is 3.19. The van der Waals surface area contributed by atoms with Crippen molar-refractivity contribution in [1.82, 2.24) is 15.0 Å². The van der Waals surface area contributed by atoms with Crippen LogP contribution in [0.15, 0.2) is 36.1 Å². The van der Waals surface area contributed by atoms with Crippen molar-refractivity contribution in [2.45, 2.75) is 19.8 Å². The highest BCUT2D eigenvalue weighted by molar-refractivity contribution is 7.16. The molecule has 1 saturated heterocycles. The third-order valence-electron chi connectivity index (χ3n) is 4.60. The Morgan fingerprint density at radius 3 is 3.12 bits per heavy atom. The van der Waals surface area contributed by atoms with Crippen LogP contribution in [0.4, 0.5) is 11.5 Å². The Balaban J connectivity index is 1.52. The van der Waals surface area contributed by atoms with E-state index in [9.17, 15) is 4.79 Å². The van der Waals surface area contributed by atoms with E-state index in [1.807, 2.05) is 24.4 Å². The fourth-order valence-electron chi connectivity index (χ4n) is 3.26. The Hall–Kier alpha value is -2.54. The van der Waals surface area contributed by atoms with Crippen molar-refractivity contribution in [3.8, 4) is 0 Å². The van der Waals surface area contributed by atoms with Gasteiger partial charge in [0.25, 0.3) is 0 Å². The first-order valence-electron chi connectivity index (χ1n) is 8.38. The van der Waals surface area contributed by atoms with Crippen molar-refractivity contribution in [2.24, 2.45) is 5.92 Å². The molecule has 0 saturated carbocycles. The summed E-state index contributed by atoms with van der Waals surface area (Å²) in [5.41, 5.74) is 1.62. The van der Waals surface area contributed by atoms with Gasteiger partial charge in [0.1, 0.15) is 17.0 Å². The van der Waals surface area contributed by atoms with E-state index in [2.05, 4.69) is 31.2 Å². The summed E-state index contributed by atoms with van der Waals surface area (Å²) in [7, 11) is 0. The summed E-state index contributed by atoms with van der Waals surface area (Å²) in [5.74, 6) is 0.926. The van der Waals surface area contributed by atoms with E-state index in [1.54, 1.807) is 23.9 Å². The highest BCUT2D eigenvalue weighted by Crippen LogP contribution is 2.30. The average Bonchev–Trinajstić information content (AvgIpc) is 3.12. The van der Waals surface area contributed by atoms with Crippen molar-refractivity contribution in [3.63, 3.8) is 0 Å². The predicted octanol–water partition coefficient (Wildman–Crippen LogP) is 3.25. The lowest BCUT2D eigenvalue weighted by Crippen LogP contribution is -2.41. The molecule has 1 aliphatic heterocycles. The number of carbonyl (C=O) groups is 1. The maximum absolute atomic E-state index is 12.7. The third-order valence-corrected chi connectivity index (χ3v) is 5.42. The standard InChI is InChI=1S/C18H19N5OS/c1-12-15(5-2-7-19-12)22-17(24)13-4-3-8-23(10-13)16-14-6-9-25-18(14)21-11-20-16/h2,5-7,9,11,13H,3-4,8,10H2,1H3,(H,22,24). The highest BCUT2D eigenvalue weighted by atomic mass is 32.1. The van der Waals surface area contributed by atoms with Gasteiger partial charge in [-0.3, -0.25) is 9.78 Å². The summed E-state index contributed by atoms with van der Waals surface area (Å²) >= 11 is 1.61. The van der Waals surface area contributed by atoms with Crippen LogP contribution >= 0.6 is 11.3 Å². The lowest BCUT2D eigenvalue weighted by Gasteiger charge is -2.33. The second-order valence-corrected chi connectivity index (χ2v) is 7.14. The molecule has 0 aromatic carbocycles. The van der Waals surface area contributed by atoms with Gasteiger partial charge in [-0.15, -0.1) is 11.3 Å². The minimum absolute atomic E-state index is 0.0522. The molecule has 7 heteroatoms. The molecule has 0 bridgehead atoms. The number of thiophene rings is 1. The van der Waals surface area contributed by atoms with Crippen LogP contribution in [0.1, 0.15) is 18.5 Å². The number of nitrogens with one attached hydrogen (secondary N) is 1. The lowest BCUT2D eigenvalue weighted by molar-refractivity contribution is -0.120. The molecule has 0 aliphatic carbocycles. The molecule has 1 fully saturated rings. The summed E-state index contributed by atoms with van der Waals surface area (Å²) < 4.78 is 0. The minimum Gasteiger partial charge on any atom is -0.355 e. The van der Waals surface area contributed by atoms with E-state index in [1.165, 1.54) is 0 Å². The predicted molar refractivity (Wildman–Crippen MR) is 100.0 cm³/mol. The monoisotopic (exact) mass is 353 g/mol. The Morgan fingerprint density at radius 2 is 2.24 bits per heavy atom. The zero-order valence-electron chi connectivity index (χ0n) is 14.0. The molecule has 1 atom stereocenters. The molecule has 4 rings (SSSR count). The number of hydrogen-bond acceptors (Lipinski definition) is 6. The van der Waals surface area contributed by atoms with Crippen LogP contribution in [0, 0.1) is 12.8 Å². The van der Waals surface area contributed by atoms with Gasteiger partial charge in [0.2, 0.25) is 5.91 Å². The molecule has 3 aromatic rings. The largest absolute Gasteiger partial charge is 0.355 e. The Kier molecular flexibility index (Phi) is 4.31. The summed E-state index contributed by atoms with van der Waals surface area (Å²) in [6.07, 6.45) is 5.20. The minimum atomic E-state index is -0.0583. The molecule has 1 unspecified atom stereocenters. The van der Waals surface area contributed by atoms with Crippen molar-refractivity contribution in [3.05, 3.63) is 41.8 Å². The molecule has 3 aromatic heterocycles. The van der Waals surface area contributed by atoms with Gasteiger partial charge in [0, 0.05) is 19.3 Å². The van der Waals surface area contributed by atoms with Gasteiger partial charge in [-0.05, 0) is 43.3 Å². The van der Waals surface area contributed by atoms with Crippen molar-refractivity contribution in [2.75, 3.05) is 23.3 Å². The zero-order valence-corrected chi connectivity index (χ0v) is 14.8. The first-order valence-corrected chi connectivity index (χ1v) is 9.26. The van der Waals surface area contributed by atoms with Crippen LogP contribution in [0.5, 0.6) is 0 Å². The molecule has 6 nitrogen and oxygen atoms in total. The number of piperidine rings is 1. The number of aryl methyl sites for hydroxylation is 1. The number of nitrogens with zero attached hydrogens (tertiary/aromatic N) is 4. The number of fused-ring (bicyclic) bond motifs is 1. The van der Waals surface area contributed by atoms with Gasteiger partial charge in [0.15, 0.2) is 0 Å². The number of pyridine rings is 1. The van der Waals surface area contributed by atoms with Crippen molar-refractivity contribution in [1.29, 1.82) is 0 Å². The molecule has 1 aliphatic rings. The fraction of sp³-hybridized carbons (Fsp3) is 0.333. The molecule has 0 spiro atoms. The second kappa shape index (κ2) is 6.76. The van der Waals surface area contributed by atoms with Crippen LogP contribution in [0.25, 0.3) is 10.2 Å². The molecule has 0 radical (unpaired) electrons. The van der Waals surface area contributed by atoms with E-state index < -0.39 is 0 Å². The number of anilines is 2. The van der Waals surface area contributed by atoms with Crippen molar-refractivity contribution < 1.29 is 4.79 Å². The molecule has 4 heterocycles. The molecule has 25 heavy (non-hydrogen) atoms. The average molecular weight is 353 g/mol. The second-order valence-electron chi connectivity index (χ2n) is 6.25. The van der Waals surface area contributed by atoms with Crippen LogP contribution in [-0.4, -0.2) is 33.9 Å². The van der Waals surface area contributed by atoms with E-state index >= 15 is 0 Å². The highest BCUT2D eigenvalue weighted by Gasteiger charge is 2.28. The summed E-state index contributed by atoms with van der Waals surface area (Å²) in [6.45, 7) is 3.49. The summed E-state index contributed by atoms with van der Waals surface area (Å²) in [6, 6.07) is 5.78. The molecular weight excluding hydrogens is 334 g/mol. The number of amides is 1. The van der Waals surface area contributed by atoms with Crippen LogP contribution in [-0.2, 0) is 4.79 Å². The first kappa shape index (κ1) is 16.0.